The van der Waals surface area contributed by atoms with Crippen molar-refractivity contribution in [3.8, 4) is 17.9 Å². The summed E-state index contributed by atoms with van der Waals surface area (Å²) >= 11 is 0. The van der Waals surface area contributed by atoms with E-state index < -0.39 is 30.1 Å². The topological polar surface area (TPSA) is 105 Å². The molecule has 8 nitrogen and oxygen atoms in total. The first-order valence-electron chi connectivity index (χ1n) is 9.46. The molecule has 0 radical (unpaired) electrons. The molecule has 2 saturated heterocycles. The zero-order valence-electron chi connectivity index (χ0n) is 16.2. The van der Waals surface area contributed by atoms with Crippen molar-refractivity contribution in [1.29, 1.82) is 10.5 Å². The van der Waals surface area contributed by atoms with Gasteiger partial charge in [0.25, 0.3) is 0 Å². The Bertz CT molecular complexity index is 811. The molecule has 0 saturated carbocycles. The Morgan fingerprint density at radius 1 is 1.31 bits per heavy atom. The smallest absolute Gasteiger partial charge is 0.330 e. The number of carbonyl (C=O) groups is 1. The highest BCUT2D eigenvalue weighted by Crippen LogP contribution is 2.36. The average Bonchev–Trinajstić information content (AvgIpc) is 3.30. The van der Waals surface area contributed by atoms with Gasteiger partial charge in [0.1, 0.15) is 17.8 Å². The van der Waals surface area contributed by atoms with E-state index in [4.69, 9.17) is 24.3 Å². The monoisotopic (exact) mass is 397 g/mol. The van der Waals surface area contributed by atoms with Crippen molar-refractivity contribution in [3.63, 3.8) is 0 Å². The number of nitriles is 2. The van der Waals surface area contributed by atoms with Gasteiger partial charge in [0, 0.05) is 19.0 Å². The maximum atomic E-state index is 12.1. The fraction of sp³-hybridized carbons (Fsp3) is 0.476. The second kappa shape index (κ2) is 10.0. The highest BCUT2D eigenvalue weighted by molar-refractivity contribution is 5.82. The van der Waals surface area contributed by atoms with Gasteiger partial charge in [-0.15, -0.1) is 0 Å². The molecule has 0 amide bonds. The van der Waals surface area contributed by atoms with E-state index in [9.17, 15) is 10.1 Å². The van der Waals surface area contributed by atoms with Crippen molar-refractivity contribution >= 4 is 5.97 Å². The number of rotatable bonds is 8. The summed E-state index contributed by atoms with van der Waals surface area (Å²) in [5, 5.41) is 20.0. The van der Waals surface area contributed by atoms with Crippen LogP contribution in [0.5, 0.6) is 5.75 Å². The Hall–Kier alpha value is -2.91. The molecule has 0 spiro atoms. The number of hydroxylamine groups is 2. The summed E-state index contributed by atoms with van der Waals surface area (Å²) in [6.45, 7) is 1.49. The van der Waals surface area contributed by atoms with Crippen molar-refractivity contribution < 1.29 is 23.8 Å². The SMILES string of the molecule is COc1ccc(COCC/C=C/C(=O)O[C@H]2CCN3OC(C#N)C(C#N)[C@H]23)cc1. The third-order valence-electron chi connectivity index (χ3n) is 4.94. The molecule has 1 aromatic rings. The van der Waals surface area contributed by atoms with Gasteiger partial charge in [-0.3, -0.25) is 4.84 Å². The van der Waals surface area contributed by atoms with E-state index in [2.05, 4.69) is 6.07 Å². The van der Waals surface area contributed by atoms with Crippen LogP contribution in [0.3, 0.4) is 0 Å². The molecule has 2 fully saturated rings. The maximum Gasteiger partial charge on any atom is 0.330 e. The van der Waals surface area contributed by atoms with Crippen molar-refractivity contribution in [1.82, 2.24) is 5.06 Å². The quantitative estimate of drug-likeness (QED) is 0.373. The van der Waals surface area contributed by atoms with Crippen LogP contribution >= 0.6 is 0 Å². The predicted molar refractivity (Wildman–Crippen MR) is 101 cm³/mol. The van der Waals surface area contributed by atoms with Gasteiger partial charge in [-0.1, -0.05) is 18.2 Å². The molecule has 152 valence electrons. The molecule has 0 aromatic heterocycles. The predicted octanol–water partition coefficient (Wildman–Crippen LogP) is 2.12. The molecular weight excluding hydrogens is 374 g/mol. The summed E-state index contributed by atoms with van der Waals surface area (Å²) < 4.78 is 16.2. The normalized spacial score (nSPS) is 26.0. The van der Waals surface area contributed by atoms with Gasteiger partial charge >= 0.3 is 5.97 Å². The van der Waals surface area contributed by atoms with E-state index in [0.29, 0.717) is 32.6 Å². The van der Waals surface area contributed by atoms with Gasteiger partial charge in [-0.05, 0) is 24.1 Å². The first-order valence-corrected chi connectivity index (χ1v) is 9.46. The van der Waals surface area contributed by atoms with E-state index in [1.54, 1.807) is 18.2 Å². The fourth-order valence-corrected chi connectivity index (χ4v) is 3.49. The lowest BCUT2D eigenvalue weighted by atomic mass is 9.94. The number of ether oxygens (including phenoxy) is 3. The van der Waals surface area contributed by atoms with Gasteiger partial charge in [0.05, 0.1) is 38.5 Å². The van der Waals surface area contributed by atoms with Crippen LogP contribution in [-0.4, -0.2) is 49.5 Å². The van der Waals surface area contributed by atoms with Gasteiger partial charge < -0.3 is 14.2 Å². The van der Waals surface area contributed by atoms with E-state index in [1.165, 1.54) is 6.08 Å². The van der Waals surface area contributed by atoms with Crippen molar-refractivity contribution in [2.75, 3.05) is 20.3 Å². The Balaban J connectivity index is 1.37. The highest BCUT2D eigenvalue weighted by Gasteiger charge is 2.52. The minimum Gasteiger partial charge on any atom is -0.497 e. The third-order valence-corrected chi connectivity index (χ3v) is 4.94. The van der Waals surface area contributed by atoms with Gasteiger partial charge in [0.2, 0.25) is 0 Å². The lowest BCUT2D eigenvalue weighted by Gasteiger charge is -2.20. The van der Waals surface area contributed by atoms with Crippen molar-refractivity contribution in [2.24, 2.45) is 5.92 Å². The van der Waals surface area contributed by atoms with Gasteiger partial charge in [-0.2, -0.15) is 15.6 Å². The number of benzene rings is 1. The molecular formula is C21H23N3O5. The summed E-state index contributed by atoms with van der Waals surface area (Å²) in [5.41, 5.74) is 1.04. The molecule has 2 unspecified atom stereocenters. The second-order valence-corrected chi connectivity index (χ2v) is 6.80. The average molecular weight is 397 g/mol. The van der Waals surface area contributed by atoms with Crippen LogP contribution in [0.1, 0.15) is 18.4 Å². The van der Waals surface area contributed by atoms with Crippen molar-refractivity contribution in [2.45, 2.75) is 37.7 Å². The molecule has 8 heteroatoms. The first-order chi connectivity index (χ1) is 14.2. The number of hydrogen-bond acceptors (Lipinski definition) is 8. The van der Waals surface area contributed by atoms with E-state index in [-0.39, 0.29) is 0 Å². The molecule has 2 aliphatic heterocycles. The Morgan fingerprint density at radius 3 is 2.79 bits per heavy atom. The number of hydrogen-bond donors (Lipinski definition) is 0. The zero-order valence-corrected chi connectivity index (χ0v) is 16.2. The number of esters is 1. The molecule has 2 aliphatic rings. The lowest BCUT2D eigenvalue weighted by molar-refractivity contribution is -0.152. The second-order valence-electron chi connectivity index (χ2n) is 6.80. The third kappa shape index (κ3) is 5.12. The minimum atomic E-state index is -0.815. The van der Waals surface area contributed by atoms with Crippen LogP contribution in [0.4, 0.5) is 0 Å². The first kappa shape index (κ1) is 20.8. The summed E-state index contributed by atoms with van der Waals surface area (Å²) in [5.74, 6) is -0.297. The molecule has 1 aromatic carbocycles. The summed E-state index contributed by atoms with van der Waals surface area (Å²) in [6.07, 6.45) is 2.95. The molecule has 3 rings (SSSR count). The van der Waals surface area contributed by atoms with Crippen LogP contribution in [0.15, 0.2) is 36.4 Å². The molecule has 2 heterocycles. The van der Waals surface area contributed by atoms with Crippen LogP contribution < -0.4 is 4.74 Å². The Kier molecular flexibility index (Phi) is 7.20. The summed E-state index contributed by atoms with van der Waals surface area (Å²) in [7, 11) is 1.62. The molecule has 4 atom stereocenters. The lowest BCUT2D eigenvalue weighted by Crippen LogP contribution is -2.36. The van der Waals surface area contributed by atoms with Crippen LogP contribution in [0.25, 0.3) is 0 Å². The minimum absolute atomic E-state index is 0.394. The Morgan fingerprint density at radius 2 is 2.10 bits per heavy atom. The zero-order chi connectivity index (χ0) is 20.6. The molecule has 0 bridgehead atoms. The van der Waals surface area contributed by atoms with E-state index in [0.717, 1.165) is 11.3 Å². The highest BCUT2D eigenvalue weighted by atomic mass is 16.7. The molecule has 0 aliphatic carbocycles. The molecule has 29 heavy (non-hydrogen) atoms. The fourth-order valence-electron chi connectivity index (χ4n) is 3.49. The summed E-state index contributed by atoms with van der Waals surface area (Å²) in [4.78, 5) is 17.5. The van der Waals surface area contributed by atoms with E-state index >= 15 is 0 Å². The van der Waals surface area contributed by atoms with Crippen LogP contribution in [-0.2, 0) is 25.7 Å². The van der Waals surface area contributed by atoms with Crippen molar-refractivity contribution in [3.05, 3.63) is 42.0 Å². The number of methoxy groups -OCH3 is 1. The standard InChI is InChI=1S/C21H23N3O5/c1-26-16-7-5-15(6-8-16)14-27-11-3-2-4-20(25)28-18-9-10-24-21(18)17(12-22)19(13-23)29-24/h2,4-8,17-19,21H,3,9-11,14H2,1H3/b4-2+/t17?,18-,19?,21+/m0/s1. The van der Waals surface area contributed by atoms with Crippen LogP contribution in [0, 0.1) is 28.6 Å². The number of nitrogens with zero attached hydrogens (tertiary/aromatic N) is 3. The van der Waals surface area contributed by atoms with Gasteiger partial charge in [-0.25, -0.2) is 4.79 Å². The number of carbonyl (C=O) groups excluding carboxylic acids is 1. The summed E-state index contributed by atoms with van der Waals surface area (Å²) in [6, 6.07) is 11.3. The van der Waals surface area contributed by atoms with Gasteiger partial charge in [0.15, 0.2) is 6.10 Å². The maximum absolute atomic E-state index is 12.1. The Labute approximate surface area is 169 Å². The molecule has 0 N–H and O–H groups in total. The largest absolute Gasteiger partial charge is 0.497 e. The van der Waals surface area contributed by atoms with E-state index in [1.807, 2.05) is 30.3 Å². The van der Waals surface area contributed by atoms with Crippen LogP contribution in [0.2, 0.25) is 0 Å². The number of fused-ring (bicyclic) bond motifs is 1.